The lowest BCUT2D eigenvalue weighted by atomic mass is 10.2. The van der Waals surface area contributed by atoms with E-state index in [2.05, 4.69) is 15.3 Å². The maximum absolute atomic E-state index is 12.2. The third kappa shape index (κ3) is 6.40. The van der Waals surface area contributed by atoms with Crippen molar-refractivity contribution in [2.45, 2.75) is 26.6 Å². The SMILES string of the molecule is COCc1nc(C(=O)Nc2ccc(-n3cnc(C)c3C)cc2)co1.O=C(O)C(F)(F)F. The molecule has 2 heterocycles. The third-order valence-electron chi connectivity index (χ3n) is 3.95. The van der Waals surface area contributed by atoms with E-state index in [9.17, 15) is 18.0 Å². The molecule has 2 aromatic heterocycles. The predicted molar refractivity (Wildman–Crippen MR) is 102 cm³/mol. The predicted octanol–water partition coefficient (Wildman–Crippen LogP) is 3.51. The number of aryl methyl sites for hydroxylation is 1. The molecule has 0 aliphatic heterocycles. The monoisotopic (exact) mass is 440 g/mol. The van der Waals surface area contributed by atoms with Gasteiger partial charge in [0.15, 0.2) is 5.69 Å². The molecule has 0 fully saturated rings. The molecule has 0 radical (unpaired) electrons. The minimum atomic E-state index is -5.08. The van der Waals surface area contributed by atoms with Gasteiger partial charge in [0, 0.05) is 24.2 Å². The molecule has 166 valence electrons. The number of carboxylic acids is 1. The first kappa shape index (κ1) is 23.6. The normalized spacial score (nSPS) is 10.9. The van der Waals surface area contributed by atoms with Gasteiger partial charge in [-0.1, -0.05) is 0 Å². The van der Waals surface area contributed by atoms with Crippen LogP contribution in [0.15, 0.2) is 41.3 Å². The fraction of sp³-hybridized carbons (Fsp3) is 0.263. The number of benzene rings is 1. The fourth-order valence-corrected chi connectivity index (χ4v) is 2.26. The van der Waals surface area contributed by atoms with Gasteiger partial charge in [-0.3, -0.25) is 4.79 Å². The van der Waals surface area contributed by atoms with Gasteiger partial charge in [-0.15, -0.1) is 0 Å². The number of methoxy groups -OCH3 is 1. The zero-order chi connectivity index (χ0) is 23.2. The number of carbonyl (C=O) groups is 2. The van der Waals surface area contributed by atoms with Gasteiger partial charge in [0.25, 0.3) is 5.91 Å². The van der Waals surface area contributed by atoms with Gasteiger partial charge >= 0.3 is 12.1 Å². The minimum absolute atomic E-state index is 0.215. The lowest BCUT2D eigenvalue weighted by Crippen LogP contribution is -2.21. The van der Waals surface area contributed by atoms with Crippen molar-refractivity contribution >= 4 is 17.6 Å². The van der Waals surface area contributed by atoms with Crippen molar-refractivity contribution in [3.63, 3.8) is 0 Å². The second-order valence-corrected chi connectivity index (χ2v) is 6.15. The number of aliphatic carboxylic acids is 1. The Kier molecular flexibility index (Phi) is 7.53. The standard InChI is InChI=1S/C17H18N4O3.C2HF3O2/c1-11-12(2)21(10-18-11)14-6-4-13(5-7-14)19-17(22)15-8-24-16(20-15)9-23-3;3-2(4,5)1(6)7/h4-8,10H,9H2,1-3H3,(H,19,22);(H,6,7). The number of nitrogens with one attached hydrogen (secondary N) is 1. The highest BCUT2D eigenvalue weighted by atomic mass is 19.4. The summed E-state index contributed by atoms with van der Waals surface area (Å²) in [4.78, 5) is 29.4. The van der Waals surface area contributed by atoms with E-state index >= 15 is 0 Å². The number of amides is 1. The van der Waals surface area contributed by atoms with Crippen molar-refractivity contribution in [2.75, 3.05) is 12.4 Å². The number of anilines is 1. The van der Waals surface area contributed by atoms with Gasteiger partial charge in [-0.2, -0.15) is 13.2 Å². The highest BCUT2D eigenvalue weighted by Crippen LogP contribution is 2.17. The molecule has 3 rings (SSSR count). The Balaban J connectivity index is 0.000000423. The van der Waals surface area contributed by atoms with Gasteiger partial charge in [-0.25, -0.2) is 14.8 Å². The van der Waals surface area contributed by atoms with Crippen molar-refractivity contribution in [3.05, 3.63) is 59.8 Å². The van der Waals surface area contributed by atoms with Gasteiger partial charge in [0.2, 0.25) is 5.89 Å². The third-order valence-corrected chi connectivity index (χ3v) is 3.95. The Bertz CT molecular complexity index is 1040. The van der Waals surface area contributed by atoms with Crippen molar-refractivity contribution < 1.29 is 37.0 Å². The first-order chi connectivity index (χ1) is 14.5. The number of rotatable bonds is 5. The van der Waals surface area contributed by atoms with Crippen LogP contribution in [-0.4, -0.2) is 44.8 Å². The summed E-state index contributed by atoms with van der Waals surface area (Å²) in [6.45, 7) is 4.21. The first-order valence-corrected chi connectivity index (χ1v) is 8.68. The number of hydrogen-bond acceptors (Lipinski definition) is 6. The van der Waals surface area contributed by atoms with Gasteiger partial charge in [0.1, 0.15) is 12.9 Å². The largest absolute Gasteiger partial charge is 0.490 e. The molecule has 0 bridgehead atoms. The Morgan fingerprint density at radius 3 is 2.32 bits per heavy atom. The maximum Gasteiger partial charge on any atom is 0.490 e. The molecule has 0 atom stereocenters. The average molecular weight is 440 g/mol. The number of carbonyl (C=O) groups excluding carboxylic acids is 1. The Morgan fingerprint density at radius 2 is 1.84 bits per heavy atom. The Morgan fingerprint density at radius 1 is 1.23 bits per heavy atom. The molecule has 1 aromatic carbocycles. The van der Waals surface area contributed by atoms with Crippen molar-refractivity contribution in [2.24, 2.45) is 0 Å². The number of hydrogen-bond donors (Lipinski definition) is 2. The van der Waals surface area contributed by atoms with E-state index < -0.39 is 12.1 Å². The van der Waals surface area contributed by atoms with E-state index in [1.54, 1.807) is 6.33 Å². The van der Waals surface area contributed by atoms with Crippen molar-refractivity contribution in [1.82, 2.24) is 14.5 Å². The molecular weight excluding hydrogens is 421 g/mol. The molecule has 0 unspecified atom stereocenters. The van der Waals surface area contributed by atoms with Gasteiger partial charge < -0.3 is 24.1 Å². The zero-order valence-electron chi connectivity index (χ0n) is 16.7. The van der Waals surface area contributed by atoms with Crippen molar-refractivity contribution in [1.29, 1.82) is 0 Å². The number of alkyl halides is 3. The van der Waals surface area contributed by atoms with Crippen molar-refractivity contribution in [3.8, 4) is 5.69 Å². The molecule has 0 spiro atoms. The quantitative estimate of drug-likeness (QED) is 0.623. The zero-order valence-corrected chi connectivity index (χ0v) is 16.7. The molecule has 0 saturated heterocycles. The van der Waals surface area contributed by atoms with Gasteiger partial charge in [-0.05, 0) is 38.1 Å². The van der Waals surface area contributed by atoms with Crippen LogP contribution < -0.4 is 5.32 Å². The van der Waals surface area contributed by atoms with Crippen LogP contribution in [0.3, 0.4) is 0 Å². The first-order valence-electron chi connectivity index (χ1n) is 8.68. The van der Waals surface area contributed by atoms with E-state index in [0.717, 1.165) is 17.1 Å². The maximum atomic E-state index is 12.2. The molecular formula is C19H19F3N4O5. The lowest BCUT2D eigenvalue weighted by molar-refractivity contribution is -0.192. The molecule has 1 amide bonds. The molecule has 0 aliphatic rings. The molecule has 0 saturated carbocycles. The van der Waals surface area contributed by atoms with E-state index in [1.807, 2.05) is 42.7 Å². The summed E-state index contributed by atoms with van der Waals surface area (Å²) in [5, 5.41) is 9.91. The van der Waals surface area contributed by atoms with Crippen LogP contribution >= 0.6 is 0 Å². The van der Waals surface area contributed by atoms with Crippen LogP contribution in [-0.2, 0) is 16.1 Å². The van der Waals surface area contributed by atoms with E-state index in [0.29, 0.717) is 11.6 Å². The average Bonchev–Trinajstić information content (AvgIpc) is 3.30. The number of nitrogens with zero attached hydrogens (tertiary/aromatic N) is 3. The summed E-state index contributed by atoms with van der Waals surface area (Å²) in [5.74, 6) is -2.72. The number of imidazole rings is 1. The topological polar surface area (TPSA) is 119 Å². The van der Waals surface area contributed by atoms with E-state index in [1.165, 1.54) is 13.4 Å². The number of ether oxygens (including phenoxy) is 1. The summed E-state index contributed by atoms with van der Waals surface area (Å²) < 4.78 is 43.8. The van der Waals surface area contributed by atoms with Crippen LogP contribution in [0.25, 0.3) is 5.69 Å². The lowest BCUT2D eigenvalue weighted by Gasteiger charge is -2.07. The summed E-state index contributed by atoms with van der Waals surface area (Å²) in [5.41, 5.74) is 3.95. The van der Waals surface area contributed by atoms with Crippen LogP contribution in [0.4, 0.5) is 18.9 Å². The second-order valence-electron chi connectivity index (χ2n) is 6.15. The smallest absolute Gasteiger partial charge is 0.475 e. The van der Waals surface area contributed by atoms with E-state index in [-0.39, 0.29) is 18.2 Å². The number of aromatic nitrogens is 3. The number of oxazole rings is 1. The molecule has 9 nitrogen and oxygen atoms in total. The Hall–Kier alpha value is -3.67. The molecule has 2 N–H and O–H groups in total. The highest BCUT2D eigenvalue weighted by molar-refractivity contribution is 6.02. The van der Waals surface area contributed by atoms with Crippen LogP contribution in [0.5, 0.6) is 0 Å². The summed E-state index contributed by atoms with van der Waals surface area (Å²) in [7, 11) is 1.54. The molecule has 12 heteroatoms. The van der Waals surface area contributed by atoms with E-state index in [4.69, 9.17) is 19.1 Å². The molecule has 3 aromatic rings. The minimum Gasteiger partial charge on any atom is -0.475 e. The Labute approximate surface area is 174 Å². The summed E-state index contributed by atoms with van der Waals surface area (Å²) in [6.07, 6.45) is -1.99. The number of halogens is 3. The summed E-state index contributed by atoms with van der Waals surface area (Å²) >= 11 is 0. The van der Waals surface area contributed by atoms with Gasteiger partial charge in [0.05, 0.1) is 12.0 Å². The van der Waals surface area contributed by atoms with Crippen LogP contribution in [0, 0.1) is 13.8 Å². The highest BCUT2D eigenvalue weighted by Gasteiger charge is 2.38. The van der Waals surface area contributed by atoms with Crippen LogP contribution in [0.2, 0.25) is 0 Å². The second kappa shape index (κ2) is 9.89. The number of carboxylic acid groups (broad SMARTS) is 1. The van der Waals surface area contributed by atoms with Crippen LogP contribution in [0.1, 0.15) is 27.8 Å². The molecule has 0 aliphatic carbocycles. The summed E-state index contributed by atoms with van der Waals surface area (Å²) in [6, 6.07) is 7.50. The molecule has 31 heavy (non-hydrogen) atoms. The fourth-order valence-electron chi connectivity index (χ4n) is 2.26.